The molecule has 0 aromatic carbocycles. The van der Waals surface area contributed by atoms with Crippen LogP contribution >= 0.6 is 12.2 Å². The van der Waals surface area contributed by atoms with Gasteiger partial charge in [-0.25, -0.2) is 0 Å². The number of hydrogen-bond acceptors (Lipinski definition) is 3. The van der Waals surface area contributed by atoms with E-state index in [9.17, 15) is 0 Å². The van der Waals surface area contributed by atoms with Gasteiger partial charge in [-0.15, -0.1) is 0 Å². The third kappa shape index (κ3) is 9.81. The summed E-state index contributed by atoms with van der Waals surface area (Å²) in [5.41, 5.74) is 5.12. The Labute approximate surface area is 79.2 Å². The minimum absolute atomic E-state index is 0.105. The monoisotopic (exact) mass is 191 g/mol. The van der Waals surface area contributed by atoms with Gasteiger partial charge in [0.25, 0.3) is 0 Å². The highest BCUT2D eigenvalue weighted by Crippen LogP contribution is 2.05. The Morgan fingerprint density at radius 1 is 1.33 bits per heavy atom. The zero-order chi connectivity index (χ0) is 9.61. The normalized spacial score (nSPS) is 11.6. The zero-order valence-electron chi connectivity index (χ0n) is 7.92. The number of ether oxygens (including phenoxy) is 2. The molecule has 2 N–H and O–H groups in total. The second-order valence-electron chi connectivity index (χ2n) is 3.48. The van der Waals surface area contributed by atoms with E-state index in [0.29, 0.717) is 24.8 Å². The van der Waals surface area contributed by atoms with Crippen LogP contribution in [-0.4, -0.2) is 30.4 Å². The highest BCUT2D eigenvalue weighted by atomic mass is 32.1. The molecule has 72 valence electrons. The van der Waals surface area contributed by atoms with Crippen LogP contribution in [0.25, 0.3) is 0 Å². The lowest BCUT2D eigenvalue weighted by molar-refractivity contribution is -0.0300. The molecule has 12 heavy (non-hydrogen) atoms. The van der Waals surface area contributed by atoms with E-state index in [-0.39, 0.29) is 5.60 Å². The summed E-state index contributed by atoms with van der Waals surface area (Å²) in [6.45, 7) is 7.45. The molecule has 0 aliphatic carbocycles. The molecular weight excluding hydrogens is 174 g/mol. The van der Waals surface area contributed by atoms with Gasteiger partial charge in [0.2, 0.25) is 0 Å². The minimum atomic E-state index is -0.105. The molecule has 0 aromatic rings. The summed E-state index contributed by atoms with van der Waals surface area (Å²) in [6.07, 6.45) is 0. The highest BCUT2D eigenvalue weighted by molar-refractivity contribution is 7.80. The van der Waals surface area contributed by atoms with Crippen LogP contribution in [0.2, 0.25) is 0 Å². The van der Waals surface area contributed by atoms with Gasteiger partial charge in [0.1, 0.15) is 0 Å². The Bertz CT molecular complexity index is 142. The van der Waals surface area contributed by atoms with E-state index in [1.165, 1.54) is 0 Å². The van der Waals surface area contributed by atoms with Crippen molar-refractivity contribution in [2.75, 3.05) is 19.8 Å². The van der Waals surface area contributed by atoms with Crippen molar-refractivity contribution in [1.29, 1.82) is 0 Å². The van der Waals surface area contributed by atoms with Crippen LogP contribution in [0.15, 0.2) is 0 Å². The summed E-state index contributed by atoms with van der Waals surface area (Å²) < 4.78 is 10.5. The summed E-state index contributed by atoms with van der Waals surface area (Å²) in [4.78, 5) is 0.380. The molecule has 0 atom stereocenters. The largest absolute Gasteiger partial charge is 0.391 e. The molecule has 0 aliphatic heterocycles. The first-order chi connectivity index (χ1) is 5.42. The summed E-state index contributed by atoms with van der Waals surface area (Å²) in [6, 6.07) is 0. The van der Waals surface area contributed by atoms with E-state index in [4.69, 9.17) is 15.2 Å². The van der Waals surface area contributed by atoms with Crippen LogP contribution < -0.4 is 5.73 Å². The van der Waals surface area contributed by atoms with Crippen molar-refractivity contribution in [2.24, 2.45) is 5.73 Å². The SMILES string of the molecule is CC(C)(C)OCCOCC(N)=S. The van der Waals surface area contributed by atoms with Crippen LogP contribution in [-0.2, 0) is 9.47 Å². The van der Waals surface area contributed by atoms with Crippen LogP contribution in [0.3, 0.4) is 0 Å². The van der Waals surface area contributed by atoms with Gasteiger partial charge < -0.3 is 15.2 Å². The van der Waals surface area contributed by atoms with E-state index >= 15 is 0 Å². The molecule has 0 aliphatic rings. The van der Waals surface area contributed by atoms with Gasteiger partial charge in [0.05, 0.1) is 30.4 Å². The van der Waals surface area contributed by atoms with E-state index in [2.05, 4.69) is 12.2 Å². The number of thiocarbonyl (C=S) groups is 1. The van der Waals surface area contributed by atoms with Gasteiger partial charge in [-0.05, 0) is 20.8 Å². The predicted octanol–water partition coefficient (Wildman–Crippen LogP) is 1.10. The Morgan fingerprint density at radius 3 is 2.33 bits per heavy atom. The first-order valence-electron chi connectivity index (χ1n) is 3.92. The molecule has 0 bridgehead atoms. The van der Waals surface area contributed by atoms with Crippen molar-refractivity contribution < 1.29 is 9.47 Å². The van der Waals surface area contributed by atoms with Gasteiger partial charge in [-0.1, -0.05) is 12.2 Å². The fourth-order valence-electron chi connectivity index (χ4n) is 0.580. The molecule has 0 heterocycles. The first-order valence-corrected chi connectivity index (χ1v) is 4.32. The third-order valence-electron chi connectivity index (χ3n) is 1.01. The topological polar surface area (TPSA) is 44.5 Å². The molecule has 4 heteroatoms. The fraction of sp³-hybridized carbons (Fsp3) is 0.875. The van der Waals surface area contributed by atoms with E-state index in [0.717, 1.165) is 0 Å². The van der Waals surface area contributed by atoms with Crippen molar-refractivity contribution in [3.05, 3.63) is 0 Å². The lowest BCUT2D eigenvalue weighted by atomic mass is 10.2. The summed E-state index contributed by atoms with van der Waals surface area (Å²) in [5.74, 6) is 0. The Balaban J connectivity index is 3.17. The maximum absolute atomic E-state index is 5.40. The van der Waals surface area contributed by atoms with Crippen molar-refractivity contribution in [3.8, 4) is 0 Å². The van der Waals surface area contributed by atoms with E-state index < -0.39 is 0 Å². The average Bonchev–Trinajstić information content (AvgIpc) is 1.83. The number of nitrogens with two attached hydrogens (primary N) is 1. The van der Waals surface area contributed by atoms with Gasteiger partial charge in [0, 0.05) is 0 Å². The first kappa shape index (κ1) is 11.8. The standard InChI is InChI=1S/C8H17NO2S/c1-8(2,3)11-5-4-10-6-7(9)12/h4-6H2,1-3H3,(H2,9,12). The lowest BCUT2D eigenvalue weighted by Crippen LogP contribution is -2.23. The quantitative estimate of drug-likeness (QED) is 0.522. The van der Waals surface area contributed by atoms with Crippen LogP contribution in [0, 0.1) is 0 Å². The average molecular weight is 191 g/mol. The molecular formula is C8H17NO2S. The summed E-state index contributed by atoms with van der Waals surface area (Å²) >= 11 is 4.63. The molecule has 0 saturated heterocycles. The number of hydrogen-bond donors (Lipinski definition) is 1. The van der Waals surface area contributed by atoms with Crippen LogP contribution in [0.4, 0.5) is 0 Å². The molecule has 0 radical (unpaired) electrons. The maximum atomic E-state index is 5.40. The molecule has 0 saturated carbocycles. The molecule has 0 rings (SSSR count). The second-order valence-corrected chi connectivity index (χ2v) is 4.00. The predicted molar refractivity (Wildman–Crippen MR) is 53.3 cm³/mol. The maximum Gasteiger partial charge on any atom is 0.0989 e. The van der Waals surface area contributed by atoms with Gasteiger partial charge in [-0.2, -0.15) is 0 Å². The fourth-order valence-corrected chi connectivity index (χ4v) is 0.663. The molecule has 0 fully saturated rings. The molecule has 3 nitrogen and oxygen atoms in total. The third-order valence-corrected chi connectivity index (χ3v) is 1.12. The smallest absolute Gasteiger partial charge is 0.0989 e. The molecule has 0 unspecified atom stereocenters. The molecule has 0 aromatic heterocycles. The van der Waals surface area contributed by atoms with Crippen LogP contribution in [0.5, 0.6) is 0 Å². The summed E-state index contributed by atoms with van der Waals surface area (Å²) in [7, 11) is 0. The lowest BCUT2D eigenvalue weighted by Gasteiger charge is -2.19. The van der Waals surface area contributed by atoms with Crippen molar-refractivity contribution in [3.63, 3.8) is 0 Å². The molecule has 0 spiro atoms. The second kappa shape index (κ2) is 5.45. The van der Waals surface area contributed by atoms with E-state index in [1.54, 1.807) is 0 Å². The van der Waals surface area contributed by atoms with Crippen molar-refractivity contribution >= 4 is 17.2 Å². The molecule has 0 amide bonds. The van der Waals surface area contributed by atoms with Crippen LogP contribution in [0.1, 0.15) is 20.8 Å². The Morgan fingerprint density at radius 2 is 1.92 bits per heavy atom. The number of rotatable bonds is 5. The Hall–Kier alpha value is -0.190. The van der Waals surface area contributed by atoms with E-state index in [1.807, 2.05) is 20.8 Å². The zero-order valence-corrected chi connectivity index (χ0v) is 8.74. The van der Waals surface area contributed by atoms with Crippen molar-refractivity contribution in [1.82, 2.24) is 0 Å². The highest BCUT2D eigenvalue weighted by Gasteiger charge is 2.08. The van der Waals surface area contributed by atoms with Gasteiger partial charge in [0.15, 0.2) is 0 Å². The summed E-state index contributed by atoms with van der Waals surface area (Å²) in [5, 5.41) is 0. The van der Waals surface area contributed by atoms with Crippen molar-refractivity contribution in [2.45, 2.75) is 26.4 Å². The van der Waals surface area contributed by atoms with Gasteiger partial charge in [-0.3, -0.25) is 0 Å². The Kier molecular flexibility index (Phi) is 5.37. The minimum Gasteiger partial charge on any atom is -0.391 e. The van der Waals surface area contributed by atoms with Gasteiger partial charge >= 0.3 is 0 Å².